The largest absolute Gasteiger partial charge is 0.497 e. The summed E-state index contributed by atoms with van der Waals surface area (Å²) in [5.74, 6) is 3.06. The van der Waals surface area contributed by atoms with Crippen LogP contribution in [0.4, 0.5) is 0 Å². The summed E-state index contributed by atoms with van der Waals surface area (Å²) in [6.07, 6.45) is 1.75. The van der Waals surface area contributed by atoms with E-state index >= 15 is 0 Å². The summed E-state index contributed by atoms with van der Waals surface area (Å²) < 4.78 is 22.5. The van der Waals surface area contributed by atoms with E-state index in [9.17, 15) is 4.79 Å². The number of Topliss-reactive ketones (excluding diaryl/α,β-unsaturated/α-hetero) is 1. The summed E-state index contributed by atoms with van der Waals surface area (Å²) in [6, 6.07) is 19.1. The maximum Gasteiger partial charge on any atom is 0.231 e. The molecule has 32 heavy (non-hydrogen) atoms. The second kappa shape index (κ2) is 8.40. The minimum atomic E-state index is -0.127. The van der Waals surface area contributed by atoms with Crippen LogP contribution in [0.2, 0.25) is 0 Å². The summed E-state index contributed by atoms with van der Waals surface area (Å²) in [4.78, 5) is 15.2. The molecule has 0 saturated carbocycles. The first kappa shape index (κ1) is 20.2. The molecule has 0 atom stereocenters. The van der Waals surface area contributed by atoms with Crippen molar-refractivity contribution >= 4 is 11.9 Å². The van der Waals surface area contributed by atoms with Crippen LogP contribution in [0.3, 0.4) is 0 Å². The SMILES string of the molecule is COc1ccc(CN2COc3ccc4c(c3C2)O/C(=C\c2cccc(OC)c2)C4=O)cc1. The van der Waals surface area contributed by atoms with Gasteiger partial charge in [0.15, 0.2) is 5.76 Å². The Balaban J connectivity index is 1.39. The zero-order valence-corrected chi connectivity index (χ0v) is 18.0. The van der Waals surface area contributed by atoms with Crippen molar-refractivity contribution in [2.75, 3.05) is 21.0 Å². The molecule has 6 nitrogen and oxygen atoms in total. The molecule has 2 aliphatic rings. The van der Waals surface area contributed by atoms with E-state index in [1.54, 1.807) is 26.4 Å². The van der Waals surface area contributed by atoms with Gasteiger partial charge in [0.05, 0.1) is 25.3 Å². The van der Waals surface area contributed by atoms with Crippen molar-refractivity contribution in [3.63, 3.8) is 0 Å². The van der Waals surface area contributed by atoms with E-state index in [1.807, 2.05) is 54.6 Å². The molecule has 2 aliphatic heterocycles. The van der Waals surface area contributed by atoms with E-state index in [2.05, 4.69) is 4.90 Å². The van der Waals surface area contributed by atoms with Gasteiger partial charge in [-0.05, 0) is 53.6 Å². The van der Waals surface area contributed by atoms with E-state index in [1.165, 1.54) is 0 Å². The lowest BCUT2D eigenvalue weighted by atomic mass is 10.0. The fraction of sp³-hybridized carbons (Fsp3) is 0.192. The quantitative estimate of drug-likeness (QED) is 0.550. The number of methoxy groups -OCH3 is 2. The lowest BCUT2D eigenvalue weighted by Crippen LogP contribution is -2.31. The predicted octanol–water partition coefficient (Wildman–Crippen LogP) is 4.67. The fourth-order valence-electron chi connectivity index (χ4n) is 3.98. The Morgan fingerprint density at radius 1 is 1.00 bits per heavy atom. The van der Waals surface area contributed by atoms with Crippen molar-refractivity contribution in [2.45, 2.75) is 13.1 Å². The Morgan fingerprint density at radius 2 is 1.81 bits per heavy atom. The van der Waals surface area contributed by atoms with Crippen LogP contribution in [0, 0.1) is 0 Å². The zero-order valence-electron chi connectivity index (χ0n) is 18.0. The van der Waals surface area contributed by atoms with Gasteiger partial charge in [0, 0.05) is 13.1 Å². The average Bonchev–Trinajstić information content (AvgIpc) is 3.15. The first-order chi connectivity index (χ1) is 15.6. The van der Waals surface area contributed by atoms with Gasteiger partial charge in [-0.25, -0.2) is 0 Å². The molecule has 3 aromatic carbocycles. The number of nitrogens with zero attached hydrogens (tertiary/aromatic N) is 1. The fourth-order valence-corrected chi connectivity index (χ4v) is 3.98. The van der Waals surface area contributed by atoms with Crippen LogP contribution >= 0.6 is 0 Å². The van der Waals surface area contributed by atoms with Gasteiger partial charge in [-0.2, -0.15) is 0 Å². The van der Waals surface area contributed by atoms with Gasteiger partial charge in [-0.1, -0.05) is 24.3 Å². The van der Waals surface area contributed by atoms with Crippen molar-refractivity contribution < 1.29 is 23.7 Å². The minimum absolute atomic E-state index is 0.127. The topological polar surface area (TPSA) is 57.2 Å². The van der Waals surface area contributed by atoms with Crippen molar-refractivity contribution in [2.24, 2.45) is 0 Å². The third-order valence-electron chi connectivity index (χ3n) is 5.64. The first-order valence-corrected chi connectivity index (χ1v) is 10.4. The van der Waals surface area contributed by atoms with E-state index in [0.717, 1.165) is 33.9 Å². The lowest BCUT2D eigenvalue weighted by Gasteiger charge is -2.29. The molecule has 0 amide bonds. The average molecular weight is 429 g/mol. The Labute approximate surface area is 186 Å². The maximum absolute atomic E-state index is 13.0. The molecule has 0 fully saturated rings. The van der Waals surface area contributed by atoms with Gasteiger partial charge in [-0.3, -0.25) is 9.69 Å². The number of carbonyl (C=O) groups is 1. The van der Waals surface area contributed by atoms with E-state index < -0.39 is 0 Å². The normalized spacial score (nSPS) is 16.2. The summed E-state index contributed by atoms with van der Waals surface area (Å²) >= 11 is 0. The monoisotopic (exact) mass is 429 g/mol. The molecule has 6 heteroatoms. The van der Waals surface area contributed by atoms with Gasteiger partial charge in [0.25, 0.3) is 0 Å². The highest BCUT2D eigenvalue weighted by molar-refractivity contribution is 6.15. The molecule has 0 N–H and O–H groups in total. The van der Waals surface area contributed by atoms with Crippen LogP contribution in [-0.2, 0) is 13.1 Å². The molecular formula is C26H23NO5. The molecule has 2 heterocycles. The zero-order chi connectivity index (χ0) is 22.1. The second-order valence-corrected chi connectivity index (χ2v) is 7.74. The second-order valence-electron chi connectivity index (χ2n) is 7.74. The van der Waals surface area contributed by atoms with Crippen LogP contribution in [0.1, 0.15) is 27.0 Å². The number of ether oxygens (including phenoxy) is 4. The third-order valence-corrected chi connectivity index (χ3v) is 5.64. The minimum Gasteiger partial charge on any atom is -0.497 e. The van der Waals surface area contributed by atoms with Crippen LogP contribution < -0.4 is 18.9 Å². The van der Waals surface area contributed by atoms with Crippen molar-refractivity contribution in [3.05, 3.63) is 88.7 Å². The standard InChI is InChI=1S/C26H23NO5/c1-29-19-8-6-17(7-9-19)14-27-15-22-23(31-16-27)11-10-21-25(28)24(32-26(21)22)13-18-4-3-5-20(12-18)30-2/h3-13H,14-16H2,1-2H3/b24-13-. The Morgan fingerprint density at radius 3 is 2.59 bits per heavy atom. The highest BCUT2D eigenvalue weighted by atomic mass is 16.5. The molecule has 162 valence electrons. The number of carbonyl (C=O) groups excluding carboxylic acids is 1. The Kier molecular flexibility index (Phi) is 5.29. The molecule has 0 radical (unpaired) electrons. The van der Waals surface area contributed by atoms with Crippen molar-refractivity contribution in [3.8, 4) is 23.0 Å². The van der Waals surface area contributed by atoms with Crippen LogP contribution in [-0.4, -0.2) is 31.6 Å². The van der Waals surface area contributed by atoms with Gasteiger partial charge in [0.2, 0.25) is 5.78 Å². The summed E-state index contributed by atoms with van der Waals surface area (Å²) in [7, 11) is 3.27. The number of ketones is 1. The number of hydrogen-bond donors (Lipinski definition) is 0. The molecule has 0 spiro atoms. The molecule has 0 aromatic heterocycles. The smallest absolute Gasteiger partial charge is 0.231 e. The molecule has 3 aromatic rings. The molecule has 0 saturated heterocycles. The van der Waals surface area contributed by atoms with Crippen molar-refractivity contribution in [1.82, 2.24) is 4.90 Å². The van der Waals surface area contributed by atoms with E-state index in [0.29, 0.717) is 36.9 Å². The van der Waals surface area contributed by atoms with Crippen molar-refractivity contribution in [1.29, 1.82) is 0 Å². The summed E-state index contributed by atoms with van der Waals surface area (Å²) in [5, 5.41) is 0. The highest BCUT2D eigenvalue weighted by Gasteiger charge is 2.33. The van der Waals surface area contributed by atoms with Crippen LogP contribution in [0.25, 0.3) is 6.08 Å². The number of fused-ring (bicyclic) bond motifs is 3. The van der Waals surface area contributed by atoms with Crippen LogP contribution in [0.15, 0.2) is 66.4 Å². The molecular weight excluding hydrogens is 406 g/mol. The first-order valence-electron chi connectivity index (χ1n) is 10.4. The molecule has 0 bridgehead atoms. The van der Waals surface area contributed by atoms with Gasteiger partial charge >= 0.3 is 0 Å². The van der Waals surface area contributed by atoms with E-state index in [-0.39, 0.29) is 5.78 Å². The number of hydrogen-bond acceptors (Lipinski definition) is 6. The number of rotatable bonds is 5. The van der Waals surface area contributed by atoms with Gasteiger partial charge < -0.3 is 18.9 Å². The Hall–Kier alpha value is -3.77. The maximum atomic E-state index is 13.0. The van der Waals surface area contributed by atoms with Gasteiger partial charge in [0.1, 0.15) is 29.7 Å². The predicted molar refractivity (Wildman–Crippen MR) is 120 cm³/mol. The summed E-state index contributed by atoms with van der Waals surface area (Å²) in [5.41, 5.74) is 3.45. The van der Waals surface area contributed by atoms with Crippen LogP contribution in [0.5, 0.6) is 23.0 Å². The number of benzene rings is 3. The molecule has 0 unspecified atom stereocenters. The van der Waals surface area contributed by atoms with E-state index in [4.69, 9.17) is 18.9 Å². The lowest BCUT2D eigenvalue weighted by molar-refractivity contribution is 0.0872. The molecule has 5 rings (SSSR count). The summed E-state index contributed by atoms with van der Waals surface area (Å²) in [6.45, 7) is 1.82. The Bertz CT molecular complexity index is 1200. The van der Waals surface area contributed by atoms with Gasteiger partial charge in [-0.15, -0.1) is 0 Å². The number of allylic oxidation sites excluding steroid dienone is 1. The highest BCUT2D eigenvalue weighted by Crippen LogP contribution is 2.42. The third kappa shape index (κ3) is 3.81. The molecule has 0 aliphatic carbocycles.